The maximum absolute atomic E-state index is 2.84. The molecule has 1 aromatic carbocycles. The minimum absolute atomic E-state index is 0.691. The van der Waals surface area contributed by atoms with Gasteiger partial charge in [-0.3, -0.25) is 0 Å². The number of hydrogen-bond donors (Lipinski definition) is 0. The van der Waals surface area contributed by atoms with Crippen LogP contribution in [0.5, 0.6) is 0 Å². The minimum atomic E-state index is 0.691. The molecule has 0 amide bonds. The molecule has 0 aliphatic rings. The topological polar surface area (TPSA) is 0 Å². The highest BCUT2D eigenvalue weighted by Gasteiger charge is 2.12. The fourth-order valence-electron chi connectivity index (χ4n) is 1.49. The molecule has 0 aliphatic carbocycles. The van der Waals surface area contributed by atoms with Crippen LogP contribution in [0.1, 0.15) is 25.3 Å². The summed E-state index contributed by atoms with van der Waals surface area (Å²) >= 11 is 0. The van der Waals surface area contributed by atoms with Crippen LogP contribution in [0.25, 0.3) is 0 Å². The zero-order valence-electron chi connectivity index (χ0n) is 7.83. The third-order valence-corrected chi connectivity index (χ3v) is 2.79. The first-order valence-corrected chi connectivity index (χ1v) is 5.32. The number of hydrogen-bond acceptors (Lipinski definition) is 0. The van der Waals surface area contributed by atoms with E-state index < -0.39 is 0 Å². The smallest absolute Gasteiger partial charge is 0.0104 e. The summed E-state index contributed by atoms with van der Waals surface area (Å²) in [6.45, 7) is 4.56. The first-order chi connectivity index (χ1) is 5.75. The van der Waals surface area contributed by atoms with Gasteiger partial charge in [-0.15, -0.1) is 9.24 Å². The van der Waals surface area contributed by atoms with Crippen molar-refractivity contribution in [1.29, 1.82) is 0 Å². The third-order valence-electron chi connectivity index (χ3n) is 2.29. The van der Waals surface area contributed by atoms with Gasteiger partial charge in [0.15, 0.2) is 0 Å². The monoisotopic (exact) mass is 180 g/mol. The van der Waals surface area contributed by atoms with Crippen LogP contribution >= 0.6 is 9.24 Å². The van der Waals surface area contributed by atoms with Crippen molar-refractivity contribution < 1.29 is 0 Å². The second kappa shape index (κ2) is 4.62. The van der Waals surface area contributed by atoms with Crippen molar-refractivity contribution in [2.24, 2.45) is 5.92 Å². The van der Waals surface area contributed by atoms with Gasteiger partial charge in [0.2, 0.25) is 0 Å². The zero-order chi connectivity index (χ0) is 8.97. The predicted octanol–water partition coefficient (Wildman–Crippen LogP) is 3.30. The molecule has 2 atom stereocenters. The van der Waals surface area contributed by atoms with Crippen LogP contribution in [0.15, 0.2) is 30.3 Å². The maximum atomic E-state index is 2.84. The molecule has 0 saturated carbocycles. The Morgan fingerprint density at radius 2 is 1.75 bits per heavy atom. The summed E-state index contributed by atoms with van der Waals surface area (Å²) in [5, 5.41) is 0. The average Bonchev–Trinajstić information content (AvgIpc) is 2.07. The molecular weight excluding hydrogens is 163 g/mol. The Labute approximate surface area is 77.6 Å². The molecule has 66 valence electrons. The highest BCUT2D eigenvalue weighted by molar-refractivity contribution is 7.16. The van der Waals surface area contributed by atoms with E-state index in [1.807, 2.05) is 0 Å². The molecule has 0 spiro atoms. The molecule has 1 rings (SSSR count). The van der Waals surface area contributed by atoms with Crippen molar-refractivity contribution in [3.63, 3.8) is 0 Å². The van der Waals surface area contributed by atoms with Gasteiger partial charge in [-0.25, -0.2) is 0 Å². The first-order valence-electron chi connectivity index (χ1n) is 4.50. The molecule has 0 nitrogen and oxygen atoms in total. The Morgan fingerprint density at radius 3 is 2.17 bits per heavy atom. The molecule has 2 unspecified atom stereocenters. The predicted molar refractivity (Wildman–Crippen MR) is 58.6 cm³/mol. The Bertz CT molecular complexity index is 216. The lowest BCUT2D eigenvalue weighted by Crippen LogP contribution is -2.07. The zero-order valence-corrected chi connectivity index (χ0v) is 8.98. The lowest BCUT2D eigenvalue weighted by atomic mass is 9.90. The lowest BCUT2D eigenvalue weighted by Gasteiger charge is -2.18. The van der Waals surface area contributed by atoms with E-state index in [-0.39, 0.29) is 0 Å². The fourth-order valence-corrected chi connectivity index (χ4v) is 2.31. The summed E-state index contributed by atoms with van der Waals surface area (Å²) in [5.41, 5.74) is 1.46. The third kappa shape index (κ3) is 2.32. The van der Waals surface area contributed by atoms with E-state index >= 15 is 0 Å². The van der Waals surface area contributed by atoms with E-state index in [1.54, 1.807) is 0 Å². The Morgan fingerprint density at radius 1 is 1.17 bits per heavy atom. The van der Waals surface area contributed by atoms with Crippen molar-refractivity contribution >= 4 is 9.24 Å². The molecule has 0 N–H and O–H groups in total. The van der Waals surface area contributed by atoms with Crippen LogP contribution in [-0.4, -0.2) is 6.16 Å². The molecule has 12 heavy (non-hydrogen) atoms. The van der Waals surface area contributed by atoms with Crippen LogP contribution in [0.2, 0.25) is 0 Å². The highest BCUT2D eigenvalue weighted by Crippen LogP contribution is 2.25. The second-order valence-corrected chi connectivity index (χ2v) is 3.97. The molecule has 0 aliphatic heterocycles. The molecule has 0 bridgehead atoms. The molecule has 0 saturated heterocycles. The van der Waals surface area contributed by atoms with Crippen molar-refractivity contribution in [2.45, 2.75) is 19.8 Å². The molecule has 0 radical (unpaired) electrons. The normalized spacial score (nSPS) is 13.3. The number of benzene rings is 1. The molecule has 0 aromatic heterocycles. The summed E-state index contributed by atoms with van der Waals surface area (Å²) in [6, 6.07) is 10.7. The van der Waals surface area contributed by atoms with E-state index in [9.17, 15) is 0 Å². The Hall–Kier alpha value is -0.350. The summed E-state index contributed by atoms with van der Waals surface area (Å²) in [6.07, 6.45) is 1.15. The second-order valence-electron chi connectivity index (χ2n) is 3.50. The average molecular weight is 180 g/mol. The van der Waals surface area contributed by atoms with Gasteiger partial charge in [-0.05, 0) is 23.6 Å². The van der Waals surface area contributed by atoms with Gasteiger partial charge < -0.3 is 0 Å². The van der Waals surface area contributed by atoms with Gasteiger partial charge in [0, 0.05) is 0 Å². The summed E-state index contributed by atoms with van der Waals surface area (Å²) < 4.78 is 0. The van der Waals surface area contributed by atoms with Gasteiger partial charge in [0.05, 0.1) is 0 Å². The standard InChI is InChI=1S/C11H17P/c1-9(2)11(8-12)10-6-4-3-5-7-10/h3-7,9,11H,8,12H2,1-2H3. The highest BCUT2D eigenvalue weighted by atomic mass is 31.0. The maximum Gasteiger partial charge on any atom is -0.0104 e. The molecule has 0 fully saturated rings. The van der Waals surface area contributed by atoms with E-state index in [0.717, 1.165) is 12.1 Å². The molecule has 1 aromatic rings. The number of rotatable bonds is 3. The Kier molecular flexibility index (Phi) is 3.75. The van der Waals surface area contributed by atoms with Gasteiger partial charge in [0.1, 0.15) is 0 Å². The lowest BCUT2D eigenvalue weighted by molar-refractivity contribution is 0.542. The van der Waals surface area contributed by atoms with Gasteiger partial charge in [-0.2, -0.15) is 0 Å². The van der Waals surface area contributed by atoms with Crippen molar-refractivity contribution in [3.8, 4) is 0 Å². The van der Waals surface area contributed by atoms with Gasteiger partial charge in [-0.1, -0.05) is 44.2 Å². The van der Waals surface area contributed by atoms with Crippen molar-refractivity contribution in [1.82, 2.24) is 0 Å². The van der Waals surface area contributed by atoms with Crippen molar-refractivity contribution in [2.75, 3.05) is 6.16 Å². The SMILES string of the molecule is CC(C)C(CP)c1ccccc1. The first kappa shape index (κ1) is 9.74. The minimum Gasteiger partial charge on any atom is -0.137 e. The van der Waals surface area contributed by atoms with Crippen LogP contribution < -0.4 is 0 Å². The quantitative estimate of drug-likeness (QED) is 0.626. The summed E-state index contributed by atoms with van der Waals surface area (Å²) in [5.74, 6) is 1.42. The fraction of sp³-hybridized carbons (Fsp3) is 0.455. The molecular formula is C11H17P. The van der Waals surface area contributed by atoms with E-state index in [2.05, 4.69) is 53.4 Å². The van der Waals surface area contributed by atoms with Crippen LogP contribution in [-0.2, 0) is 0 Å². The van der Waals surface area contributed by atoms with E-state index in [4.69, 9.17) is 0 Å². The van der Waals surface area contributed by atoms with Gasteiger partial charge >= 0.3 is 0 Å². The van der Waals surface area contributed by atoms with Gasteiger partial charge in [0.25, 0.3) is 0 Å². The van der Waals surface area contributed by atoms with Crippen LogP contribution in [0.4, 0.5) is 0 Å². The largest absolute Gasteiger partial charge is 0.137 e. The van der Waals surface area contributed by atoms with Crippen LogP contribution in [0, 0.1) is 5.92 Å². The van der Waals surface area contributed by atoms with Crippen LogP contribution in [0.3, 0.4) is 0 Å². The Balaban J connectivity index is 2.80. The van der Waals surface area contributed by atoms with Crippen molar-refractivity contribution in [3.05, 3.63) is 35.9 Å². The molecule has 0 heterocycles. The molecule has 1 heteroatoms. The summed E-state index contributed by atoms with van der Waals surface area (Å²) in [4.78, 5) is 0. The summed E-state index contributed by atoms with van der Waals surface area (Å²) in [7, 11) is 2.84. The van der Waals surface area contributed by atoms with E-state index in [0.29, 0.717) is 5.92 Å². The van der Waals surface area contributed by atoms with E-state index in [1.165, 1.54) is 5.56 Å².